The number of carbonyl (C=O) groups excluding carboxylic acids is 1. The molecule has 1 aliphatic rings. The Morgan fingerprint density at radius 1 is 1.13 bits per heavy atom. The van der Waals surface area contributed by atoms with Crippen LogP contribution in [0.25, 0.3) is 0 Å². The Kier molecular flexibility index (Phi) is 6.31. The zero-order chi connectivity index (χ0) is 16.8. The SMILES string of the molecule is CCOc1ccc(C(=O)NC2CCCC(C)C2C)cc1OCC. The normalized spacial score (nSPS) is 24.1. The summed E-state index contributed by atoms with van der Waals surface area (Å²) in [4.78, 5) is 12.6. The van der Waals surface area contributed by atoms with Crippen molar-refractivity contribution in [3.63, 3.8) is 0 Å². The Balaban J connectivity index is 2.10. The summed E-state index contributed by atoms with van der Waals surface area (Å²) in [5.41, 5.74) is 0.627. The van der Waals surface area contributed by atoms with E-state index in [1.165, 1.54) is 12.8 Å². The lowest BCUT2D eigenvalue weighted by Gasteiger charge is -2.34. The summed E-state index contributed by atoms with van der Waals surface area (Å²) in [6.07, 6.45) is 3.50. The van der Waals surface area contributed by atoms with E-state index in [0.29, 0.717) is 42.1 Å². The first-order valence-electron chi connectivity index (χ1n) is 8.77. The molecule has 1 aliphatic carbocycles. The Labute approximate surface area is 139 Å². The van der Waals surface area contributed by atoms with Crippen molar-refractivity contribution in [3.8, 4) is 11.5 Å². The Hall–Kier alpha value is -1.71. The molecule has 1 aromatic carbocycles. The molecule has 3 atom stereocenters. The number of hydrogen-bond acceptors (Lipinski definition) is 3. The molecule has 0 saturated heterocycles. The van der Waals surface area contributed by atoms with Crippen LogP contribution in [0, 0.1) is 11.8 Å². The summed E-state index contributed by atoms with van der Waals surface area (Å²) in [7, 11) is 0. The first-order chi connectivity index (χ1) is 11.1. The van der Waals surface area contributed by atoms with Crippen molar-refractivity contribution in [3.05, 3.63) is 23.8 Å². The average molecular weight is 319 g/mol. The van der Waals surface area contributed by atoms with Gasteiger partial charge in [-0.1, -0.05) is 26.7 Å². The monoisotopic (exact) mass is 319 g/mol. The van der Waals surface area contributed by atoms with Crippen LogP contribution >= 0.6 is 0 Å². The highest BCUT2D eigenvalue weighted by molar-refractivity contribution is 5.95. The summed E-state index contributed by atoms with van der Waals surface area (Å²) in [6.45, 7) is 9.48. The molecule has 2 rings (SSSR count). The smallest absolute Gasteiger partial charge is 0.251 e. The van der Waals surface area contributed by atoms with E-state index in [-0.39, 0.29) is 11.9 Å². The molecule has 23 heavy (non-hydrogen) atoms. The molecule has 1 amide bonds. The first-order valence-corrected chi connectivity index (χ1v) is 8.77. The third-order valence-electron chi connectivity index (χ3n) is 4.83. The van der Waals surface area contributed by atoms with Gasteiger partial charge in [0.05, 0.1) is 13.2 Å². The molecule has 0 bridgehead atoms. The van der Waals surface area contributed by atoms with Crippen molar-refractivity contribution in [2.75, 3.05) is 13.2 Å². The molecule has 1 aromatic rings. The van der Waals surface area contributed by atoms with Gasteiger partial charge < -0.3 is 14.8 Å². The van der Waals surface area contributed by atoms with Crippen LogP contribution in [-0.2, 0) is 0 Å². The van der Waals surface area contributed by atoms with E-state index >= 15 is 0 Å². The van der Waals surface area contributed by atoms with E-state index in [2.05, 4.69) is 19.2 Å². The lowest BCUT2D eigenvalue weighted by molar-refractivity contribution is 0.0890. The predicted octanol–water partition coefficient (Wildman–Crippen LogP) is 4.04. The molecule has 0 spiro atoms. The van der Waals surface area contributed by atoms with Crippen molar-refractivity contribution in [1.82, 2.24) is 5.32 Å². The summed E-state index contributed by atoms with van der Waals surface area (Å²) >= 11 is 0. The highest BCUT2D eigenvalue weighted by Crippen LogP contribution is 2.31. The number of carbonyl (C=O) groups is 1. The van der Waals surface area contributed by atoms with Gasteiger partial charge in [0.1, 0.15) is 0 Å². The molecule has 128 valence electrons. The van der Waals surface area contributed by atoms with Crippen molar-refractivity contribution >= 4 is 5.91 Å². The number of ether oxygens (including phenoxy) is 2. The molecule has 1 saturated carbocycles. The van der Waals surface area contributed by atoms with Gasteiger partial charge in [-0.3, -0.25) is 4.79 Å². The van der Waals surface area contributed by atoms with Gasteiger partial charge in [0, 0.05) is 11.6 Å². The lowest BCUT2D eigenvalue weighted by atomic mass is 9.78. The second-order valence-electron chi connectivity index (χ2n) is 6.37. The lowest BCUT2D eigenvalue weighted by Crippen LogP contribution is -2.43. The molecular formula is C19H29NO3. The standard InChI is InChI=1S/C19H29NO3/c1-5-22-17-11-10-15(12-18(17)23-6-2)19(21)20-16-9-7-8-13(3)14(16)4/h10-14,16H,5-9H2,1-4H3,(H,20,21). The second-order valence-corrected chi connectivity index (χ2v) is 6.37. The molecule has 0 heterocycles. The molecule has 0 aromatic heterocycles. The van der Waals surface area contributed by atoms with E-state index < -0.39 is 0 Å². The fraction of sp³-hybridized carbons (Fsp3) is 0.632. The van der Waals surface area contributed by atoms with Crippen LogP contribution in [0.2, 0.25) is 0 Å². The molecule has 1 fully saturated rings. The van der Waals surface area contributed by atoms with Gasteiger partial charge in [0.25, 0.3) is 5.91 Å². The zero-order valence-corrected chi connectivity index (χ0v) is 14.7. The Morgan fingerprint density at radius 2 is 1.83 bits per heavy atom. The maximum atomic E-state index is 12.6. The fourth-order valence-electron chi connectivity index (χ4n) is 3.23. The highest BCUT2D eigenvalue weighted by Gasteiger charge is 2.28. The Bertz CT molecular complexity index is 529. The van der Waals surface area contributed by atoms with Crippen LogP contribution in [0.4, 0.5) is 0 Å². The second kappa shape index (κ2) is 8.23. The van der Waals surface area contributed by atoms with E-state index in [9.17, 15) is 4.79 Å². The highest BCUT2D eigenvalue weighted by atomic mass is 16.5. The fourth-order valence-corrected chi connectivity index (χ4v) is 3.23. The molecule has 1 N–H and O–H groups in total. The topological polar surface area (TPSA) is 47.6 Å². The maximum absolute atomic E-state index is 12.6. The van der Waals surface area contributed by atoms with Crippen LogP contribution in [0.1, 0.15) is 57.3 Å². The van der Waals surface area contributed by atoms with Gasteiger partial charge >= 0.3 is 0 Å². The number of benzene rings is 1. The Morgan fingerprint density at radius 3 is 2.52 bits per heavy atom. The average Bonchev–Trinajstić information content (AvgIpc) is 2.54. The van der Waals surface area contributed by atoms with Crippen LogP contribution in [0.15, 0.2) is 18.2 Å². The molecule has 0 radical (unpaired) electrons. The van der Waals surface area contributed by atoms with Gasteiger partial charge in [-0.15, -0.1) is 0 Å². The summed E-state index contributed by atoms with van der Waals surface area (Å²) in [6, 6.07) is 5.66. The number of hydrogen-bond donors (Lipinski definition) is 1. The third kappa shape index (κ3) is 4.40. The van der Waals surface area contributed by atoms with E-state index in [0.717, 1.165) is 6.42 Å². The number of nitrogens with one attached hydrogen (secondary N) is 1. The van der Waals surface area contributed by atoms with E-state index in [4.69, 9.17) is 9.47 Å². The van der Waals surface area contributed by atoms with Gasteiger partial charge in [-0.25, -0.2) is 0 Å². The van der Waals surface area contributed by atoms with Crippen molar-refractivity contribution in [2.24, 2.45) is 11.8 Å². The minimum absolute atomic E-state index is 0.0278. The van der Waals surface area contributed by atoms with Gasteiger partial charge in [0.15, 0.2) is 11.5 Å². The van der Waals surface area contributed by atoms with Gasteiger partial charge in [0.2, 0.25) is 0 Å². The molecular weight excluding hydrogens is 290 g/mol. The van der Waals surface area contributed by atoms with Crippen LogP contribution in [0.3, 0.4) is 0 Å². The maximum Gasteiger partial charge on any atom is 0.251 e. The number of amides is 1. The first kappa shape index (κ1) is 17.6. The minimum Gasteiger partial charge on any atom is -0.490 e. The number of rotatable bonds is 6. The quantitative estimate of drug-likeness (QED) is 0.861. The third-order valence-corrected chi connectivity index (χ3v) is 4.83. The summed E-state index contributed by atoms with van der Waals surface area (Å²) in [5.74, 6) is 2.47. The van der Waals surface area contributed by atoms with Crippen LogP contribution in [-0.4, -0.2) is 25.2 Å². The largest absolute Gasteiger partial charge is 0.490 e. The van der Waals surface area contributed by atoms with E-state index in [1.807, 2.05) is 19.9 Å². The minimum atomic E-state index is -0.0278. The molecule has 0 aliphatic heterocycles. The van der Waals surface area contributed by atoms with Crippen LogP contribution < -0.4 is 14.8 Å². The van der Waals surface area contributed by atoms with E-state index in [1.54, 1.807) is 12.1 Å². The van der Waals surface area contributed by atoms with Crippen LogP contribution in [0.5, 0.6) is 11.5 Å². The van der Waals surface area contributed by atoms with Gasteiger partial charge in [-0.05, 0) is 50.3 Å². The molecule has 3 unspecified atom stereocenters. The zero-order valence-electron chi connectivity index (χ0n) is 14.7. The summed E-state index contributed by atoms with van der Waals surface area (Å²) < 4.78 is 11.2. The van der Waals surface area contributed by atoms with Gasteiger partial charge in [-0.2, -0.15) is 0 Å². The summed E-state index contributed by atoms with van der Waals surface area (Å²) in [5, 5.41) is 3.20. The molecule has 4 nitrogen and oxygen atoms in total. The van der Waals surface area contributed by atoms with Crippen molar-refractivity contribution < 1.29 is 14.3 Å². The van der Waals surface area contributed by atoms with Crippen molar-refractivity contribution in [2.45, 2.75) is 53.0 Å². The van der Waals surface area contributed by atoms with Crippen molar-refractivity contribution in [1.29, 1.82) is 0 Å². The predicted molar refractivity (Wildman–Crippen MR) is 92.2 cm³/mol. The molecule has 4 heteroatoms.